The van der Waals surface area contributed by atoms with Gasteiger partial charge in [0.05, 0.1) is 24.3 Å². The molecule has 4 rings (SSSR count). The molecule has 0 spiro atoms. The van der Waals surface area contributed by atoms with Crippen molar-refractivity contribution in [2.45, 2.75) is 32.3 Å². The van der Waals surface area contributed by atoms with Crippen molar-refractivity contribution >= 4 is 0 Å². The minimum absolute atomic E-state index is 0.0416. The molecule has 0 saturated carbocycles. The lowest BCUT2D eigenvalue weighted by Crippen LogP contribution is -2.41. The number of hydrogen-bond acceptors (Lipinski definition) is 3. The Bertz CT molecular complexity index is 1270. The molecule has 10 heteroatoms. The number of benzene rings is 3. The van der Waals surface area contributed by atoms with Gasteiger partial charge in [0, 0.05) is 11.6 Å². The van der Waals surface area contributed by atoms with E-state index in [1.165, 1.54) is 19.1 Å². The van der Waals surface area contributed by atoms with Crippen LogP contribution in [-0.4, -0.2) is 13.2 Å². The average molecular weight is 500 g/mol. The molecule has 0 atom stereocenters. The SMILES string of the molecule is CCOc1ccc(OCc2ccc3c(c2F)C(F)(F)C(F)(F)c2c-3ccc(OCC)c2F)cc1F. The van der Waals surface area contributed by atoms with E-state index in [0.717, 1.165) is 30.3 Å². The second-order valence-electron chi connectivity index (χ2n) is 7.66. The van der Waals surface area contributed by atoms with E-state index in [-0.39, 0.29) is 24.7 Å². The Morgan fingerprint density at radius 3 is 1.80 bits per heavy atom. The number of hydrogen-bond donors (Lipinski definition) is 0. The van der Waals surface area contributed by atoms with Crippen molar-refractivity contribution in [3.63, 3.8) is 0 Å². The summed E-state index contributed by atoms with van der Waals surface area (Å²) < 4.78 is 119. The third-order valence-electron chi connectivity index (χ3n) is 5.54. The normalized spacial score (nSPS) is 15.2. The van der Waals surface area contributed by atoms with E-state index >= 15 is 13.2 Å². The molecule has 1 aliphatic rings. The molecule has 186 valence electrons. The fourth-order valence-corrected chi connectivity index (χ4v) is 3.94. The second-order valence-corrected chi connectivity index (χ2v) is 7.66. The summed E-state index contributed by atoms with van der Waals surface area (Å²) in [5.74, 6) is -14.9. The summed E-state index contributed by atoms with van der Waals surface area (Å²) in [7, 11) is 0. The van der Waals surface area contributed by atoms with Crippen LogP contribution in [-0.2, 0) is 18.5 Å². The first-order valence-corrected chi connectivity index (χ1v) is 10.6. The van der Waals surface area contributed by atoms with E-state index in [2.05, 4.69) is 0 Å². The maximum Gasteiger partial charge on any atom is 0.343 e. The maximum absolute atomic E-state index is 15.2. The van der Waals surface area contributed by atoms with Crippen molar-refractivity contribution in [1.29, 1.82) is 0 Å². The Hall–Kier alpha value is -3.43. The van der Waals surface area contributed by atoms with Gasteiger partial charge in [-0.05, 0) is 49.2 Å². The molecule has 3 nitrogen and oxygen atoms in total. The Kier molecular flexibility index (Phi) is 6.33. The van der Waals surface area contributed by atoms with Crippen LogP contribution in [0.4, 0.5) is 30.7 Å². The highest BCUT2D eigenvalue weighted by molar-refractivity contribution is 5.77. The molecule has 35 heavy (non-hydrogen) atoms. The molecule has 3 aromatic rings. The predicted molar refractivity (Wildman–Crippen MR) is 113 cm³/mol. The van der Waals surface area contributed by atoms with Gasteiger partial charge in [0.1, 0.15) is 18.2 Å². The lowest BCUT2D eigenvalue weighted by molar-refractivity contribution is -0.228. The first-order valence-electron chi connectivity index (χ1n) is 10.6. The zero-order valence-electron chi connectivity index (χ0n) is 18.5. The van der Waals surface area contributed by atoms with Gasteiger partial charge in [0.25, 0.3) is 0 Å². The van der Waals surface area contributed by atoms with Crippen LogP contribution in [0.5, 0.6) is 17.2 Å². The summed E-state index contributed by atoms with van der Waals surface area (Å²) in [6.45, 7) is 2.62. The Labute approximate surface area is 196 Å². The van der Waals surface area contributed by atoms with Crippen LogP contribution >= 0.6 is 0 Å². The smallest absolute Gasteiger partial charge is 0.343 e. The minimum Gasteiger partial charge on any atom is -0.491 e. The first kappa shape index (κ1) is 24.7. The van der Waals surface area contributed by atoms with E-state index in [9.17, 15) is 17.6 Å². The average Bonchev–Trinajstić information content (AvgIpc) is 2.80. The summed E-state index contributed by atoms with van der Waals surface area (Å²) in [4.78, 5) is 0. The topological polar surface area (TPSA) is 27.7 Å². The zero-order valence-corrected chi connectivity index (χ0v) is 18.5. The monoisotopic (exact) mass is 500 g/mol. The van der Waals surface area contributed by atoms with Crippen LogP contribution in [0, 0.1) is 17.5 Å². The molecule has 3 aromatic carbocycles. The highest BCUT2D eigenvalue weighted by Crippen LogP contribution is 2.60. The molecule has 0 heterocycles. The molecule has 0 fully saturated rings. The van der Waals surface area contributed by atoms with Gasteiger partial charge in [-0.3, -0.25) is 0 Å². The second kappa shape index (κ2) is 8.98. The molecule has 0 radical (unpaired) electrons. The van der Waals surface area contributed by atoms with Crippen molar-refractivity contribution in [2.24, 2.45) is 0 Å². The number of halogens is 7. The van der Waals surface area contributed by atoms with Crippen molar-refractivity contribution in [1.82, 2.24) is 0 Å². The Morgan fingerprint density at radius 2 is 1.20 bits per heavy atom. The Morgan fingerprint density at radius 1 is 0.657 bits per heavy atom. The summed E-state index contributed by atoms with van der Waals surface area (Å²) >= 11 is 0. The van der Waals surface area contributed by atoms with Crippen LogP contribution < -0.4 is 14.2 Å². The van der Waals surface area contributed by atoms with Gasteiger partial charge in [-0.25, -0.2) is 13.2 Å². The van der Waals surface area contributed by atoms with Crippen LogP contribution in [0.3, 0.4) is 0 Å². The van der Waals surface area contributed by atoms with Gasteiger partial charge < -0.3 is 14.2 Å². The van der Waals surface area contributed by atoms with Gasteiger partial charge in [-0.2, -0.15) is 17.6 Å². The molecule has 0 amide bonds. The predicted octanol–water partition coefficient (Wildman–Crippen LogP) is 7.34. The lowest BCUT2D eigenvalue weighted by atomic mass is 9.79. The van der Waals surface area contributed by atoms with Crippen molar-refractivity contribution < 1.29 is 44.9 Å². The van der Waals surface area contributed by atoms with Crippen LogP contribution in [0.1, 0.15) is 30.5 Å². The van der Waals surface area contributed by atoms with Gasteiger partial charge >= 0.3 is 11.8 Å². The molecular weight excluding hydrogens is 481 g/mol. The summed E-state index contributed by atoms with van der Waals surface area (Å²) in [6.07, 6.45) is 0. The highest BCUT2D eigenvalue weighted by Gasteiger charge is 2.65. The molecule has 0 N–H and O–H groups in total. The largest absolute Gasteiger partial charge is 0.491 e. The van der Waals surface area contributed by atoms with Crippen LogP contribution in [0.15, 0.2) is 42.5 Å². The van der Waals surface area contributed by atoms with Crippen LogP contribution in [0.25, 0.3) is 11.1 Å². The van der Waals surface area contributed by atoms with E-state index < -0.39 is 69.5 Å². The van der Waals surface area contributed by atoms with E-state index in [1.54, 1.807) is 6.92 Å². The summed E-state index contributed by atoms with van der Waals surface area (Å²) in [5.41, 5.74) is -4.75. The van der Waals surface area contributed by atoms with Crippen molar-refractivity contribution in [3.8, 4) is 28.4 Å². The fourth-order valence-electron chi connectivity index (χ4n) is 3.94. The number of rotatable bonds is 7. The lowest BCUT2D eigenvalue weighted by Gasteiger charge is -2.35. The molecule has 0 unspecified atom stereocenters. The van der Waals surface area contributed by atoms with E-state index in [1.807, 2.05) is 0 Å². The zero-order chi connectivity index (χ0) is 25.5. The van der Waals surface area contributed by atoms with Gasteiger partial charge in [0.15, 0.2) is 23.1 Å². The Balaban J connectivity index is 1.75. The van der Waals surface area contributed by atoms with E-state index in [0.29, 0.717) is 0 Å². The third-order valence-corrected chi connectivity index (χ3v) is 5.54. The number of ether oxygens (including phenoxy) is 3. The maximum atomic E-state index is 15.2. The third kappa shape index (κ3) is 3.94. The number of fused-ring (bicyclic) bond motifs is 3. The van der Waals surface area contributed by atoms with Gasteiger partial charge in [-0.1, -0.05) is 12.1 Å². The highest BCUT2D eigenvalue weighted by atomic mass is 19.3. The first-order chi connectivity index (χ1) is 16.5. The van der Waals surface area contributed by atoms with Gasteiger partial charge in [-0.15, -0.1) is 0 Å². The molecule has 1 aliphatic carbocycles. The summed E-state index contributed by atoms with van der Waals surface area (Å²) in [5, 5.41) is 0. The molecule has 0 aliphatic heterocycles. The van der Waals surface area contributed by atoms with E-state index in [4.69, 9.17) is 14.2 Å². The number of alkyl halides is 4. The van der Waals surface area contributed by atoms with Gasteiger partial charge in [0.2, 0.25) is 0 Å². The fraction of sp³-hybridized carbons (Fsp3) is 0.280. The molecule has 0 bridgehead atoms. The van der Waals surface area contributed by atoms with Crippen molar-refractivity contribution in [3.05, 3.63) is 76.6 Å². The van der Waals surface area contributed by atoms with Crippen molar-refractivity contribution in [2.75, 3.05) is 13.2 Å². The summed E-state index contributed by atoms with van der Waals surface area (Å²) in [6, 6.07) is 7.63. The molecule has 0 saturated heterocycles. The quantitative estimate of drug-likeness (QED) is 0.318. The standard InChI is InChI=1S/C25H19F7O3/c1-3-33-18-9-6-14(11-17(18)26)35-12-13-5-7-15-16-8-10-19(34-4-2)23(28)21(16)25(31,32)24(29,30)20(15)22(13)27/h5-11H,3-4,12H2,1-2H3. The molecule has 0 aromatic heterocycles. The van der Waals surface area contributed by atoms with Crippen LogP contribution in [0.2, 0.25) is 0 Å². The minimum atomic E-state index is -5.08. The molecular formula is C25H19F7O3.